The molecule has 0 spiro atoms. The van der Waals surface area contributed by atoms with Crippen LogP contribution in [0, 0.1) is 5.92 Å². The number of ether oxygens (including phenoxy) is 2. The molecular formula is C17H28BrNO2. The van der Waals surface area contributed by atoms with Crippen LogP contribution in [0.3, 0.4) is 0 Å². The first-order chi connectivity index (χ1) is 9.84. The van der Waals surface area contributed by atoms with Crippen molar-refractivity contribution < 1.29 is 9.47 Å². The van der Waals surface area contributed by atoms with Gasteiger partial charge in [0, 0.05) is 20.1 Å². The van der Waals surface area contributed by atoms with Crippen molar-refractivity contribution >= 4 is 15.9 Å². The zero-order valence-corrected chi connectivity index (χ0v) is 15.4. The maximum atomic E-state index is 5.82. The Kier molecular flexibility index (Phi) is 7.71. The molecule has 0 aliphatic heterocycles. The van der Waals surface area contributed by atoms with Crippen LogP contribution in [-0.4, -0.2) is 25.9 Å². The van der Waals surface area contributed by atoms with Crippen molar-refractivity contribution in [3.05, 3.63) is 28.2 Å². The monoisotopic (exact) mass is 357 g/mol. The predicted octanol–water partition coefficient (Wildman–Crippen LogP) is 4.39. The number of hydrogen-bond acceptors (Lipinski definition) is 3. The van der Waals surface area contributed by atoms with E-state index in [0.717, 1.165) is 29.7 Å². The molecule has 0 heterocycles. The number of methoxy groups -OCH3 is 1. The van der Waals surface area contributed by atoms with Gasteiger partial charge in [0.2, 0.25) is 0 Å². The molecule has 4 heteroatoms. The number of rotatable bonds is 9. The van der Waals surface area contributed by atoms with Crippen molar-refractivity contribution in [2.75, 3.05) is 20.3 Å². The lowest BCUT2D eigenvalue weighted by atomic mass is 10.1. The van der Waals surface area contributed by atoms with E-state index in [1.807, 2.05) is 6.07 Å². The lowest BCUT2D eigenvalue weighted by molar-refractivity contribution is 0.00539. The van der Waals surface area contributed by atoms with Gasteiger partial charge in [-0.2, -0.15) is 0 Å². The maximum Gasteiger partial charge on any atom is 0.133 e. The molecule has 1 rings (SSSR count). The molecule has 0 aliphatic carbocycles. The standard InChI is InChI=1S/C17H28BrNO2/c1-13(2)11-19-12-14-6-7-16(15(18)10-14)21-9-8-17(3,4)20-5/h6-7,10,13,19H,8-9,11-12H2,1-5H3. The molecule has 0 amide bonds. The molecule has 0 saturated heterocycles. The Balaban J connectivity index is 2.47. The topological polar surface area (TPSA) is 30.5 Å². The van der Waals surface area contributed by atoms with Crippen molar-refractivity contribution in [3.8, 4) is 5.75 Å². The highest BCUT2D eigenvalue weighted by atomic mass is 79.9. The SMILES string of the molecule is COC(C)(C)CCOc1ccc(CNCC(C)C)cc1Br. The summed E-state index contributed by atoms with van der Waals surface area (Å²) in [5, 5.41) is 3.44. The third-order valence-electron chi connectivity index (χ3n) is 3.39. The minimum Gasteiger partial charge on any atom is -0.492 e. The highest BCUT2D eigenvalue weighted by Gasteiger charge is 2.16. The lowest BCUT2D eigenvalue weighted by Crippen LogP contribution is -2.25. The Morgan fingerprint density at radius 1 is 1.29 bits per heavy atom. The minimum atomic E-state index is -0.146. The highest BCUT2D eigenvalue weighted by Crippen LogP contribution is 2.26. The Labute approximate surface area is 137 Å². The minimum absolute atomic E-state index is 0.146. The summed E-state index contributed by atoms with van der Waals surface area (Å²) in [5.74, 6) is 1.55. The van der Waals surface area contributed by atoms with E-state index in [4.69, 9.17) is 9.47 Å². The van der Waals surface area contributed by atoms with Crippen molar-refractivity contribution in [3.63, 3.8) is 0 Å². The van der Waals surface area contributed by atoms with E-state index in [1.54, 1.807) is 7.11 Å². The third-order valence-corrected chi connectivity index (χ3v) is 4.01. The Bertz CT molecular complexity index is 433. The van der Waals surface area contributed by atoms with E-state index in [2.05, 4.69) is 61.1 Å². The zero-order chi connectivity index (χ0) is 15.9. The molecule has 0 saturated carbocycles. The van der Waals surface area contributed by atoms with Gasteiger partial charge in [0.25, 0.3) is 0 Å². The van der Waals surface area contributed by atoms with Crippen LogP contribution in [-0.2, 0) is 11.3 Å². The molecule has 0 aliphatic rings. The summed E-state index contributed by atoms with van der Waals surface area (Å²) in [6.07, 6.45) is 0.855. The third kappa shape index (κ3) is 7.30. The molecule has 120 valence electrons. The van der Waals surface area contributed by atoms with Gasteiger partial charge >= 0.3 is 0 Å². The zero-order valence-electron chi connectivity index (χ0n) is 13.8. The van der Waals surface area contributed by atoms with Crippen LogP contribution in [0.5, 0.6) is 5.75 Å². The van der Waals surface area contributed by atoms with Gasteiger partial charge in [-0.25, -0.2) is 0 Å². The van der Waals surface area contributed by atoms with Gasteiger partial charge in [-0.05, 0) is 59.9 Å². The second-order valence-electron chi connectivity index (χ2n) is 6.35. The van der Waals surface area contributed by atoms with Crippen LogP contribution < -0.4 is 10.1 Å². The Morgan fingerprint density at radius 3 is 2.57 bits per heavy atom. The first kappa shape index (κ1) is 18.5. The van der Waals surface area contributed by atoms with E-state index >= 15 is 0 Å². The predicted molar refractivity (Wildman–Crippen MR) is 91.9 cm³/mol. The van der Waals surface area contributed by atoms with Gasteiger partial charge < -0.3 is 14.8 Å². The fourth-order valence-corrected chi connectivity index (χ4v) is 2.33. The largest absolute Gasteiger partial charge is 0.492 e. The molecule has 0 radical (unpaired) electrons. The van der Waals surface area contributed by atoms with Crippen molar-refractivity contribution in [1.82, 2.24) is 5.32 Å². The maximum absolute atomic E-state index is 5.82. The van der Waals surface area contributed by atoms with Crippen molar-refractivity contribution in [1.29, 1.82) is 0 Å². The average molecular weight is 358 g/mol. The second kappa shape index (κ2) is 8.76. The quantitative estimate of drug-likeness (QED) is 0.710. The van der Waals surface area contributed by atoms with Crippen LogP contribution in [0.25, 0.3) is 0 Å². The number of halogens is 1. The van der Waals surface area contributed by atoms with Gasteiger partial charge in [-0.3, -0.25) is 0 Å². The molecule has 1 N–H and O–H groups in total. The van der Waals surface area contributed by atoms with Crippen molar-refractivity contribution in [2.45, 2.75) is 46.3 Å². The summed E-state index contributed by atoms with van der Waals surface area (Å²) in [7, 11) is 1.73. The smallest absolute Gasteiger partial charge is 0.133 e. The van der Waals surface area contributed by atoms with Gasteiger partial charge in [0.1, 0.15) is 5.75 Å². The van der Waals surface area contributed by atoms with Gasteiger partial charge in [-0.1, -0.05) is 19.9 Å². The summed E-state index contributed by atoms with van der Waals surface area (Å²) >= 11 is 3.58. The van der Waals surface area contributed by atoms with E-state index < -0.39 is 0 Å². The molecular weight excluding hydrogens is 330 g/mol. The highest BCUT2D eigenvalue weighted by molar-refractivity contribution is 9.10. The fraction of sp³-hybridized carbons (Fsp3) is 0.647. The van der Waals surface area contributed by atoms with Gasteiger partial charge in [-0.15, -0.1) is 0 Å². The normalized spacial score (nSPS) is 12.0. The number of hydrogen-bond donors (Lipinski definition) is 1. The van der Waals surface area contributed by atoms with E-state index in [1.165, 1.54) is 5.56 Å². The lowest BCUT2D eigenvalue weighted by Gasteiger charge is -2.22. The van der Waals surface area contributed by atoms with E-state index in [9.17, 15) is 0 Å². The molecule has 3 nitrogen and oxygen atoms in total. The van der Waals surface area contributed by atoms with Crippen LogP contribution >= 0.6 is 15.9 Å². The summed E-state index contributed by atoms with van der Waals surface area (Å²) in [5.41, 5.74) is 1.11. The molecule has 0 aromatic heterocycles. The first-order valence-corrected chi connectivity index (χ1v) is 8.30. The average Bonchev–Trinajstić information content (AvgIpc) is 2.40. The van der Waals surface area contributed by atoms with E-state index in [0.29, 0.717) is 12.5 Å². The molecule has 1 aromatic carbocycles. The van der Waals surface area contributed by atoms with E-state index in [-0.39, 0.29) is 5.60 Å². The van der Waals surface area contributed by atoms with Gasteiger partial charge in [0.15, 0.2) is 0 Å². The van der Waals surface area contributed by atoms with Crippen LogP contribution in [0.2, 0.25) is 0 Å². The molecule has 0 fully saturated rings. The molecule has 0 bridgehead atoms. The van der Waals surface area contributed by atoms with Gasteiger partial charge in [0.05, 0.1) is 16.7 Å². The number of benzene rings is 1. The second-order valence-corrected chi connectivity index (χ2v) is 7.21. The fourth-order valence-electron chi connectivity index (χ4n) is 1.79. The summed E-state index contributed by atoms with van der Waals surface area (Å²) < 4.78 is 12.2. The molecule has 1 aromatic rings. The van der Waals surface area contributed by atoms with Crippen LogP contribution in [0.4, 0.5) is 0 Å². The first-order valence-electron chi connectivity index (χ1n) is 7.51. The van der Waals surface area contributed by atoms with Crippen LogP contribution in [0.1, 0.15) is 39.7 Å². The number of nitrogens with one attached hydrogen (secondary N) is 1. The summed E-state index contributed by atoms with van der Waals surface area (Å²) in [6, 6.07) is 6.25. The summed E-state index contributed by atoms with van der Waals surface area (Å²) in [6.45, 7) is 11.1. The van der Waals surface area contributed by atoms with Crippen LogP contribution in [0.15, 0.2) is 22.7 Å². The Morgan fingerprint density at radius 2 is 2.00 bits per heavy atom. The molecule has 21 heavy (non-hydrogen) atoms. The molecule has 0 unspecified atom stereocenters. The summed E-state index contributed by atoms with van der Waals surface area (Å²) in [4.78, 5) is 0. The Hall–Kier alpha value is -0.580. The molecule has 0 atom stereocenters. The van der Waals surface area contributed by atoms with Crippen molar-refractivity contribution in [2.24, 2.45) is 5.92 Å².